The molecule has 0 aliphatic carbocycles. The van der Waals surface area contributed by atoms with Crippen LogP contribution in [0.5, 0.6) is 0 Å². The van der Waals surface area contributed by atoms with Crippen LogP contribution < -0.4 is 5.32 Å². The predicted octanol–water partition coefficient (Wildman–Crippen LogP) is 3.88. The van der Waals surface area contributed by atoms with Gasteiger partial charge in [-0.25, -0.2) is 9.18 Å². The predicted molar refractivity (Wildman–Crippen MR) is 106 cm³/mol. The third kappa shape index (κ3) is 5.20. The molecule has 144 valence electrons. The summed E-state index contributed by atoms with van der Waals surface area (Å²) in [6, 6.07) is 12.0. The van der Waals surface area contributed by atoms with Gasteiger partial charge >= 0.3 is 5.97 Å². The van der Waals surface area contributed by atoms with Gasteiger partial charge in [0.2, 0.25) is 0 Å². The molecule has 1 aromatic heterocycles. The molecule has 3 aromatic rings. The van der Waals surface area contributed by atoms with Crippen molar-refractivity contribution in [3.63, 3.8) is 0 Å². The molecule has 0 saturated heterocycles. The molecular weight excluding hydrogens is 383 g/mol. The van der Waals surface area contributed by atoms with Gasteiger partial charge in [-0.3, -0.25) is 4.79 Å². The number of hydrogen-bond acceptors (Lipinski definition) is 3. The summed E-state index contributed by atoms with van der Waals surface area (Å²) in [6.45, 7) is 0.0589. The molecule has 1 heterocycles. The Hall–Kier alpha value is -3.12. The van der Waals surface area contributed by atoms with E-state index < -0.39 is 11.8 Å². The fraction of sp³-hybridized carbons (Fsp3) is 0.143. The highest BCUT2D eigenvalue weighted by Crippen LogP contribution is 2.18. The number of hydrogen-bond donors (Lipinski definition) is 2. The van der Waals surface area contributed by atoms with Crippen molar-refractivity contribution in [3.05, 3.63) is 76.7 Å². The minimum Gasteiger partial charge on any atom is -0.452 e. The van der Waals surface area contributed by atoms with Crippen LogP contribution in [0.4, 0.5) is 4.39 Å². The maximum absolute atomic E-state index is 13.1. The number of amides is 1. The van der Waals surface area contributed by atoms with Crippen molar-refractivity contribution < 1.29 is 18.7 Å². The van der Waals surface area contributed by atoms with Gasteiger partial charge in [0.1, 0.15) is 5.82 Å². The first-order chi connectivity index (χ1) is 13.5. The molecule has 5 nitrogen and oxygen atoms in total. The fourth-order valence-electron chi connectivity index (χ4n) is 2.69. The number of aromatic nitrogens is 1. The zero-order valence-corrected chi connectivity index (χ0v) is 15.6. The van der Waals surface area contributed by atoms with Crippen LogP contribution in [-0.2, 0) is 20.7 Å². The second-order valence-corrected chi connectivity index (χ2v) is 6.48. The number of ether oxygens (including phenoxy) is 1. The van der Waals surface area contributed by atoms with Gasteiger partial charge in [-0.05, 0) is 41.8 Å². The first-order valence-corrected chi connectivity index (χ1v) is 9.02. The van der Waals surface area contributed by atoms with Crippen LogP contribution in [0.1, 0.15) is 11.1 Å². The second-order valence-electron chi connectivity index (χ2n) is 6.07. The highest BCUT2D eigenvalue weighted by molar-refractivity contribution is 6.30. The normalized spacial score (nSPS) is 11.1. The number of carbonyl (C=O) groups excluding carboxylic acids is 2. The molecule has 2 aromatic carbocycles. The highest BCUT2D eigenvalue weighted by Gasteiger charge is 2.07. The lowest BCUT2D eigenvalue weighted by atomic mass is 10.1. The number of nitrogens with one attached hydrogen (secondary N) is 2. The fourth-order valence-corrected chi connectivity index (χ4v) is 2.88. The SMILES string of the molecule is O=C(COC(=O)/C=C/c1ccc(F)c(Cl)c1)NCCc1c[nH]c2ccccc12. The zero-order valence-electron chi connectivity index (χ0n) is 14.9. The standard InChI is InChI=1S/C21H18ClFN2O3/c22-17-11-14(5-7-18(17)23)6-8-21(27)28-13-20(26)24-10-9-15-12-25-19-4-2-1-3-16(15)19/h1-8,11-12,25H,9-10,13H2,(H,24,26)/b8-6+. The first kappa shape index (κ1) is 19.6. The minimum atomic E-state index is -0.674. The molecule has 0 saturated carbocycles. The van der Waals surface area contributed by atoms with Crippen LogP contribution in [0.15, 0.2) is 54.7 Å². The van der Waals surface area contributed by atoms with Gasteiger partial charge in [-0.15, -0.1) is 0 Å². The van der Waals surface area contributed by atoms with E-state index in [1.807, 2.05) is 30.5 Å². The van der Waals surface area contributed by atoms with E-state index in [9.17, 15) is 14.0 Å². The Labute approximate surface area is 166 Å². The monoisotopic (exact) mass is 400 g/mol. The lowest BCUT2D eigenvalue weighted by Gasteiger charge is -2.05. The average molecular weight is 401 g/mol. The maximum atomic E-state index is 13.1. The van der Waals surface area contributed by atoms with Crippen molar-refractivity contribution in [2.45, 2.75) is 6.42 Å². The number of halogens is 2. The van der Waals surface area contributed by atoms with E-state index in [1.165, 1.54) is 24.3 Å². The molecule has 0 radical (unpaired) electrons. The Balaban J connectivity index is 1.40. The van der Waals surface area contributed by atoms with E-state index in [-0.39, 0.29) is 17.5 Å². The Morgan fingerprint density at radius 3 is 2.86 bits per heavy atom. The second kappa shape index (κ2) is 9.19. The summed E-state index contributed by atoms with van der Waals surface area (Å²) in [7, 11) is 0. The lowest BCUT2D eigenvalue weighted by molar-refractivity contribution is -0.143. The summed E-state index contributed by atoms with van der Waals surface area (Å²) in [5.41, 5.74) is 2.70. The highest BCUT2D eigenvalue weighted by atomic mass is 35.5. The number of aromatic amines is 1. The molecule has 0 bridgehead atoms. The molecule has 0 aliphatic heterocycles. The molecule has 0 unspecified atom stereocenters. The van der Waals surface area contributed by atoms with Crippen LogP contribution >= 0.6 is 11.6 Å². The Morgan fingerprint density at radius 1 is 1.21 bits per heavy atom. The number of para-hydroxylation sites is 1. The molecule has 0 fully saturated rings. The maximum Gasteiger partial charge on any atom is 0.331 e. The Morgan fingerprint density at radius 2 is 2.04 bits per heavy atom. The molecule has 0 spiro atoms. The summed E-state index contributed by atoms with van der Waals surface area (Å²) < 4.78 is 18.0. The quantitative estimate of drug-likeness (QED) is 0.467. The zero-order chi connectivity index (χ0) is 19.9. The molecule has 2 N–H and O–H groups in total. The molecule has 3 rings (SSSR count). The average Bonchev–Trinajstić information content (AvgIpc) is 3.10. The van der Waals surface area contributed by atoms with Crippen molar-refractivity contribution in [2.75, 3.05) is 13.2 Å². The Bertz CT molecular complexity index is 1030. The topological polar surface area (TPSA) is 71.2 Å². The molecule has 0 atom stereocenters. The molecule has 28 heavy (non-hydrogen) atoms. The van der Waals surface area contributed by atoms with Crippen LogP contribution in [-0.4, -0.2) is 30.0 Å². The summed E-state index contributed by atoms with van der Waals surface area (Å²) in [5, 5.41) is 3.80. The largest absolute Gasteiger partial charge is 0.452 e. The number of fused-ring (bicyclic) bond motifs is 1. The van der Waals surface area contributed by atoms with Gasteiger partial charge < -0.3 is 15.0 Å². The molecular formula is C21H18ClFN2O3. The lowest BCUT2D eigenvalue weighted by Crippen LogP contribution is -2.30. The third-order valence-electron chi connectivity index (χ3n) is 4.09. The van der Waals surface area contributed by atoms with Gasteiger partial charge in [0, 0.05) is 29.7 Å². The van der Waals surface area contributed by atoms with E-state index in [0.717, 1.165) is 22.5 Å². The van der Waals surface area contributed by atoms with Crippen LogP contribution in [0.3, 0.4) is 0 Å². The van der Waals surface area contributed by atoms with Crippen LogP contribution in [0.2, 0.25) is 5.02 Å². The Kier molecular flexibility index (Phi) is 6.45. The van der Waals surface area contributed by atoms with Gasteiger partial charge in [-0.1, -0.05) is 35.9 Å². The van der Waals surface area contributed by atoms with Crippen LogP contribution in [0, 0.1) is 5.82 Å². The first-order valence-electron chi connectivity index (χ1n) is 8.64. The van der Waals surface area contributed by atoms with Gasteiger partial charge in [0.25, 0.3) is 5.91 Å². The van der Waals surface area contributed by atoms with Crippen LogP contribution in [0.25, 0.3) is 17.0 Å². The van der Waals surface area contributed by atoms with E-state index in [0.29, 0.717) is 18.5 Å². The summed E-state index contributed by atoms with van der Waals surface area (Å²) >= 11 is 5.67. The van der Waals surface area contributed by atoms with E-state index in [1.54, 1.807) is 0 Å². The van der Waals surface area contributed by atoms with Crippen molar-refractivity contribution >= 4 is 40.5 Å². The third-order valence-corrected chi connectivity index (χ3v) is 4.38. The molecule has 0 aliphatic rings. The smallest absolute Gasteiger partial charge is 0.331 e. The number of H-pyrrole nitrogens is 1. The van der Waals surface area contributed by atoms with E-state index in [4.69, 9.17) is 16.3 Å². The van der Waals surface area contributed by atoms with Crippen molar-refractivity contribution in [1.29, 1.82) is 0 Å². The summed E-state index contributed by atoms with van der Waals surface area (Å²) in [4.78, 5) is 26.7. The van der Waals surface area contributed by atoms with Gasteiger partial charge in [0.05, 0.1) is 5.02 Å². The number of rotatable bonds is 7. The molecule has 7 heteroatoms. The van der Waals surface area contributed by atoms with E-state index in [2.05, 4.69) is 10.3 Å². The summed E-state index contributed by atoms with van der Waals surface area (Å²) in [5.74, 6) is -1.59. The number of benzene rings is 2. The van der Waals surface area contributed by atoms with Crippen molar-refractivity contribution in [3.8, 4) is 0 Å². The summed E-state index contributed by atoms with van der Waals surface area (Å²) in [6.07, 6.45) is 5.17. The van der Waals surface area contributed by atoms with Crippen molar-refractivity contribution in [1.82, 2.24) is 10.3 Å². The van der Waals surface area contributed by atoms with Gasteiger partial charge in [-0.2, -0.15) is 0 Å². The van der Waals surface area contributed by atoms with Gasteiger partial charge in [0.15, 0.2) is 6.61 Å². The number of carbonyl (C=O) groups is 2. The minimum absolute atomic E-state index is 0.0369. The molecule has 1 amide bonds. The van der Waals surface area contributed by atoms with E-state index >= 15 is 0 Å². The van der Waals surface area contributed by atoms with Crippen molar-refractivity contribution in [2.24, 2.45) is 0 Å². The number of esters is 1.